The van der Waals surface area contributed by atoms with Crippen LogP contribution in [0.4, 0.5) is 45.5 Å². The highest BCUT2D eigenvalue weighted by Crippen LogP contribution is 2.62. The number of benzene rings is 9. The molecule has 5 heteroatoms. The van der Waals surface area contributed by atoms with Gasteiger partial charge in [0.05, 0.1) is 22.6 Å². The molecular weight excluding hydrogens is 1020 g/mol. The van der Waals surface area contributed by atoms with Crippen molar-refractivity contribution in [1.82, 2.24) is 0 Å². The van der Waals surface area contributed by atoms with Crippen molar-refractivity contribution >= 4 is 90.5 Å². The molecule has 3 aliphatic heterocycles. The monoisotopic (exact) mass is 1100 g/mol. The van der Waals surface area contributed by atoms with Gasteiger partial charge >= 0.3 is 0 Å². The van der Waals surface area contributed by atoms with E-state index < -0.39 is 0 Å². The van der Waals surface area contributed by atoms with E-state index in [1.807, 2.05) is 0 Å². The first kappa shape index (κ1) is 54.2. The van der Waals surface area contributed by atoms with E-state index >= 15 is 0 Å². The van der Waals surface area contributed by atoms with Gasteiger partial charge in [0.15, 0.2) is 5.58 Å². The van der Waals surface area contributed by atoms with Crippen LogP contribution in [0, 0.1) is 6.92 Å². The molecule has 1 saturated carbocycles. The van der Waals surface area contributed by atoms with Crippen molar-refractivity contribution in [3.63, 3.8) is 0 Å². The van der Waals surface area contributed by atoms with E-state index in [-0.39, 0.29) is 39.3 Å². The lowest BCUT2D eigenvalue weighted by molar-refractivity contribution is 0.195. The minimum Gasteiger partial charge on any atom is -0.454 e. The molecule has 0 spiro atoms. The largest absolute Gasteiger partial charge is 0.454 e. The van der Waals surface area contributed by atoms with E-state index in [1.165, 1.54) is 125 Å². The number of rotatable bonds is 5. The van der Waals surface area contributed by atoms with Gasteiger partial charge < -0.3 is 19.1 Å². The van der Waals surface area contributed by atoms with E-state index in [9.17, 15) is 0 Å². The zero-order chi connectivity index (χ0) is 58.8. The van der Waals surface area contributed by atoms with Crippen LogP contribution in [0.3, 0.4) is 0 Å². The van der Waals surface area contributed by atoms with Crippen LogP contribution >= 0.6 is 0 Å². The Morgan fingerprint density at radius 2 is 0.952 bits per heavy atom. The number of fused-ring (bicyclic) bond motifs is 11. The summed E-state index contributed by atoms with van der Waals surface area (Å²) in [4.78, 5) is 8.07. The lowest BCUT2D eigenvalue weighted by atomic mass is 9.33. The lowest BCUT2D eigenvalue weighted by Crippen LogP contribution is -2.61. The topological polar surface area (TPSA) is 22.9 Å². The van der Waals surface area contributed by atoms with Gasteiger partial charge in [0, 0.05) is 55.8 Å². The molecule has 422 valence electrons. The quantitative estimate of drug-likeness (QED) is 0.160. The van der Waals surface area contributed by atoms with Gasteiger partial charge in [-0.3, -0.25) is 0 Å². The van der Waals surface area contributed by atoms with Crippen LogP contribution in [0.25, 0.3) is 44.2 Å². The molecule has 4 nitrogen and oxygen atoms in total. The summed E-state index contributed by atoms with van der Waals surface area (Å²) in [6.07, 6.45) is 4.75. The normalized spacial score (nSPS) is 18.5. The molecule has 0 amide bonds. The van der Waals surface area contributed by atoms with Crippen LogP contribution < -0.4 is 31.1 Å². The third-order valence-corrected chi connectivity index (χ3v) is 20.3. The molecule has 0 radical (unpaired) electrons. The molecule has 4 aliphatic rings. The first-order valence-electron chi connectivity index (χ1n) is 31.1. The van der Waals surface area contributed by atoms with Crippen molar-refractivity contribution in [2.75, 3.05) is 14.7 Å². The molecular formula is C79H82BN3O. The predicted molar refractivity (Wildman–Crippen MR) is 361 cm³/mol. The molecule has 0 bridgehead atoms. The molecule has 2 atom stereocenters. The molecule has 1 fully saturated rings. The van der Waals surface area contributed by atoms with Crippen LogP contribution in [0.1, 0.15) is 156 Å². The summed E-state index contributed by atoms with van der Waals surface area (Å²) in [6.45, 7) is 35.3. The summed E-state index contributed by atoms with van der Waals surface area (Å²) in [5.41, 5.74) is 27.7. The number of hydrogen-bond acceptors (Lipinski definition) is 4. The predicted octanol–water partition coefficient (Wildman–Crippen LogP) is 20.2. The average Bonchev–Trinajstić information content (AvgIpc) is 1.17. The van der Waals surface area contributed by atoms with Gasteiger partial charge in [-0.25, -0.2) is 0 Å². The maximum atomic E-state index is 7.42. The second-order valence-electron chi connectivity index (χ2n) is 29.8. The van der Waals surface area contributed by atoms with Crippen LogP contribution in [0.5, 0.6) is 0 Å². The summed E-state index contributed by atoms with van der Waals surface area (Å²) < 4.78 is 7.42. The molecule has 84 heavy (non-hydrogen) atoms. The fourth-order valence-corrected chi connectivity index (χ4v) is 15.2. The van der Waals surface area contributed by atoms with Crippen molar-refractivity contribution in [3.05, 3.63) is 209 Å². The first-order valence-corrected chi connectivity index (χ1v) is 31.1. The minimum absolute atomic E-state index is 0.0274. The van der Waals surface area contributed by atoms with E-state index in [0.29, 0.717) is 0 Å². The van der Waals surface area contributed by atoms with Gasteiger partial charge in [0.2, 0.25) is 0 Å². The third-order valence-electron chi connectivity index (χ3n) is 20.3. The Balaban J connectivity index is 1.11. The molecule has 2 unspecified atom stereocenters. The van der Waals surface area contributed by atoms with Gasteiger partial charge in [-0.2, -0.15) is 0 Å². The molecule has 9 aromatic carbocycles. The smallest absolute Gasteiger partial charge is 0.252 e. The molecule has 14 rings (SSSR count). The number of anilines is 8. The van der Waals surface area contributed by atoms with Gasteiger partial charge in [0.1, 0.15) is 5.58 Å². The van der Waals surface area contributed by atoms with Gasteiger partial charge in [-0.05, 0) is 176 Å². The first-order chi connectivity index (χ1) is 39.8. The third kappa shape index (κ3) is 8.21. The van der Waals surface area contributed by atoms with E-state index in [2.05, 4.69) is 294 Å². The summed E-state index contributed by atoms with van der Waals surface area (Å²) in [5, 5.41) is 2.28. The maximum absolute atomic E-state index is 7.42. The fourth-order valence-electron chi connectivity index (χ4n) is 15.2. The summed E-state index contributed by atoms with van der Waals surface area (Å²) in [7, 11) is 0. The van der Waals surface area contributed by atoms with E-state index in [4.69, 9.17) is 4.42 Å². The van der Waals surface area contributed by atoms with Crippen LogP contribution in [0.2, 0.25) is 0 Å². The van der Waals surface area contributed by atoms with E-state index in [1.54, 1.807) is 0 Å². The van der Waals surface area contributed by atoms with Crippen molar-refractivity contribution in [3.8, 4) is 22.3 Å². The van der Waals surface area contributed by atoms with Crippen LogP contribution in [-0.2, 0) is 27.1 Å². The molecule has 0 N–H and O–H groups in total. The highest BCUT2D eigenvalue weighted by Gasteiger charge is 2.58. The average molecular weight is 1100 g/mol. The summed E-state index contributed by atoms with van der Waals surface area (Å²) in [6, 6.07) is 68.4. The Hall–Kier alpha value is -7.76. The van der Waals surface area contributed by atoms with Crippen molar-refractivity contribution in [2.24, 2.45) is 0 Å². The lowest BCUT2D eigenvalue weighted by Gasteiger charge is -2.50. The van der Waals surface area contributed by atoms with Crippen LogP contribution in [0.15, 0.2) is 180 Å². The van der Waals surface area contributed by atoms with Crippen molar-refractivity contribution in [1.29, 1.82) is 0 Å². The standard InChI is InChI=1S/C79H82BN3O/c1-49-42-68-71-69(43-49)82(65-37-29-53(75(5,6)7)45-59(65)51-26-20-17-21-27-51)72-63(35-33-57-60-46-54(76(8,9)10)31-39-70(60)84-73(57)72)80(71)62-34-32-56(83-66-38-30-55(77(11,12)13)47-61(66)78(14)40-22-23-41-79(78,83)15)48-67(62)81(68)64-36-28-52(74(2,3)4)44-58(64)50-24-18-16-19-25-50/h16-21,24-39,42-48H,22-23,40-41H2,1-15H3. The Morgan fingerprint density at radius 3 is 1.55 bits per heavy atom. The second-order valence-corrected chi connectivity index (χ2v) is 29.8. The molecule has 1 aliphatic carbocycles. The number of nitrogens with zero attached hydrogens (tertiary/aromatic N) is 3. The molecule has 1 aromatic heterocycles. The second kappa shape index (κ2) is 18.6. The Morgan fingerprint density at radius 1 is 0.440 bits per heavy atom. The fraction of sp³-hybridized carbons (Fsp3) is 0.316. The van der Waals surface area contributed by atoms with Crippen molar-refractivity contribution < 1.29 is 4.42 Å². The SMILES string of the molecule is Cc1cc2c3c(c1)N(c1ccc(C(C)(C)C)cc1-c1ccccc1)c1c(ccc4c1oc1ccc(C(C)(C)C)cc14)B3c1ccc(N3c4ccc(C(C)(C)C)cc4C4(C)CCCCC34C)cc1N2c1ccc(C(C)(C)C)cc1-c1ccccc1. The highest BCUT2D eigenvalue weighted by atomic mass is 16.3. The van der Waals surface area contributed by atoms with Gasteiger partial charge in [-0.1, -0.05) is 212 Å². The minimum atomic E-state index is -0.139. The van der Waals surface area contributed by atoms with Crippen LogP contribution in [-0.4, -0.2) is 12.3 Å². The molecule has 0 saturated heterocycles. The van der Waals surface area contributed by atoms with Gasteiger partial charge in [-0.15, -0.1) is 0 Å². The Bertz CT molecular complexity index is 4310. The van der Waals surface area contributed by atoms with E-state index in [0.717, 1.165) is 39.7 Å². The zero-order valence-corrected chi connectivity index (χ0v) is 52.4. The Kier molecular flexibility index (Phi) is 12.0. The highest BCUT2D eigenvalue weighted by molar-refractivity contribution is 7.00. The molecule has 10 aromatic rings. The summed E-state index contributed by atoms with van der Waals surface area (Å²) >= 11 is 0. The number of aryl methyl sites for hydroxylation is 1. The number of furan rings is 1. The molecule has 4 heterocycles. The van der Waals surface area contributed by atoms with Gasteiger partial charge in [0.25, 0.3) is 6.71 Å². The zero-order valence-electron chi connectivity index (χ0n) is 52.4. The van der Waals surface area contributed by atoms with Crippen molar-refractivity contribution in [2.45, 2.75) is 162 Å². The summed E-state index contributed by atoms with van der Waals surface area (Å²) in [5.74, 6) is 0. The Labute approximate surface area is 500 Å². The number of hydrogen-bond donors (Lipinski definition) is 0. The maximum Gasteiger partial charge on any atom is 0.252 e.